The van der Waals surface area contributed by atoms with Gasteiger partial charge in [0.2, 0.25) is 5.79 Å². The molecule has 204 valence electrons. The van der Waals surface area contributed by atoms with Crippen molar-refractivity contribution in [3.63, 3.8) is 0 Å². The average Bonchev–Trinajstić information content (AvgIpc) is 3.33. The van der Waals surface area contributed by atoms with Crippen LogP contribution in [0.2, 0.25) is 0 Å². The Balaban J connectivity index is 0.000000531. The first kappa shape index (κ1) is 28.5. The van der Waals surface area contributed by atoms with Gasteiger partial charge in [-0.3, -0.25) is 8.74 Å². The number of hydrogen-bond donors (Lipinski definition) is 2. The van der Waals surface area contributed by atoms with Crippen LogP contribution in [-0.4, -0.2) is 46.5 Å². The lowest BCUT2D eigenvalue weighted by atomic mass is 9.87. The average molecular weight is 569 g/mol. The summed E-state index contributed by atoms with van der Waals surface area (Å²) in [6.45, 7) is 0. The maximum absolute atomic E-state index is 9.94. The minimum Gasteiger partial charge on any atom is -0.508 e. The minimum absolute atomic E-state index is 0.225. The van der Waals surface area contributed by atoms with E-state index < -0.39 is 16.2 Å². The van der Waals surface area contributed by atoms with Crippen LogP contribution < -0.4 is 4.74 Å². The summed E-state index contributed by atoms with van der Waals surface area (Å²) in [7, 11) is 1.67. The third-order valence-corrected chi connectivity index (χ3v) is 7.87. The number of benzene rings is 4. The Kier molecular flexibility index (Phi) is 8.55. The molecule has 0 spiro atoms. The molecule has 5 aromatic rings. The lowest BCUT2D eigenvalue weighted by Gasteiger charge is -2.34. The Morgan fingerprint density at radius 1 is 0.769 bits per heavy atom. The monoisotopic (exact) mass is 568 g/mol. The predicted molar refractivity (Wildman–Crippen MR) is 153 cm³/mol. The van der Waals surface area contributed by atoms with E-state index in [1.165, 1.54) is 14.8 Å². The zero-order chi connectivity index (χ0) is 28.2. The van der Waals surface area contributed by atoms with Crippen molar-refractivity contribution in [2.75, 3.05) is 28.4 Å². The predicted octanol–water partition coefficient (Wildman–Crippen LogP) is 6.37. The third-order valence-electron chi connectivity index (χ3n) is 6.31. The third kappa shape index (κ3) is 5.76. The molecule has 0 aliphatic heterocycles. The number of rotatable bonds is 7. The van der Waals surface area contributed by atoms with Crippen molar-refractivity contribution < 1.29 is 36.5 Å². The molecule has 4 aromatic carbocycles. The van der Waals surface area contributed by atoms with E-state index in [9.17, 15) is 13.5 Å². The van der Waals surface area contributed by atoms with Gasteiger partial charge in [-0.1, -0.05) is 36.4 Å². The Hall–Kier alpha value is -3.51. The number of thiophene rings is 1. The number of aromatic hydroxyl groups is 1. The normalized spacial score (nSPS) is 11.8. The number of hydrogen-bond acceptors (Lipinski definition) is 8. The summed E-state index contributed by atoms with van der Waals surface area (Å²) in [6.07, 6.45) is 0. The number of ether oxygens (including phenoxy) is 3. The van der Waals surface area contributed by atoms with E-state index in [0.29, 0.717) is 0 Å². The van der Waals surface area contributed by atoms with Crippen LogP contribution in [0.3, 0.4) is 0 Å². The summed E-state index contributed by atoms with van der Waals surface area (Å²) in [6, 6.07) is 27.6. The molecule has 39 heavy (non-hydrogen) atoms. The van der Waals surface area contributed by atoms with Crippen LogP contribution in [0.25, 0.3) is 31.3 Å². The van der Waals surface area contributed by atoms with Crippen LogP contribution in [0.4, 0.5) is 0 Å². The van der Waals surface area contributed by atoms with Crippen LogP contribution >= 0.6 is 11.3 Å². The topological polar surface area (TPSA) is 112 Å². The lowest BCUT2D eigenvalue weighted by Crippen LogP contribution is -2.33. The molecule has 10 heteroatoms. The molecule has 0 unspecified atom stereocenters. The molecular formula is C29H28O8S2. The molecule has 5 rings (SSSR count). The quantitative estimate of drug-likeness (QED) is 0.172. The van der Waals surface area contributed by atoms with Crippen molar-refractivity contribution in [2.24, 2.45) is 0 Å². The van der Waals surface area contributed by atoms with Crippen molar-refractivity contribution in [1.29, 1.82) is 0 Å². The molecule has 2 N–H and O–H groups in total. The van der Waals surface area contributed by atoms with E-state index in [4.69, 9.17) is 18.8 Å². The summed E-state index contributed by atoms with van der Waals surface area (Å²) in [5.41, 5.74) is 3.74. The molecule has 8 nitrogen and oxygen atoms in total. The van der Waals surface area contributed by atoms with Gasteiger partial charge in [-0.05, 0) is 59.7 Å². The zero-order valence-corrected chi connectivity index (χ0v) is 23.4. The second-order valence-corrected chi connectivity index (χ2v) is 10.6. The van der Waals surface area contributed by atoms with E-state index in [2.05, 4.69) is 40.6 Å². The number of methoxy groups -OCH3 is 3. The first-order valence-corrected chi connectivity index (χ1v) is 13.9. The summed E-state index contributed by atoms with van der Waals surface area (Å²) in [4.78, 5) is 0. The van der Waals surface area contributed by atoms with Gasteiger partial charge in [-0.25, -0.2) is 0 Å². The molecule has 1 aromatic heterocycles. The summed E-state index contributed by atoms with van der Waals surface area (Å²) < 4.78 is 49.7. The van der Waals surface area contributed by atoms with Gasteiger partial charge < -0.3 is 19.3 Å². The molecule has 0 aliphatic rings. The smallest absolute Gasteiger partial charge is 0.397 e. The van der Waals surface area contributed by atoms with Crippen molar-refractivity contribution in [1.82, 2.24) is 0 Å². The second-order valence-electron chi connectivity index (χ2n) is 8.35. The van der Waals surface area contributed by atoms with E-state index in [1.807, 2.05) is 36.4 Å². The molecule has 0 bridgehead atoms. The summed E-state index contributed by atoms with van der Waals surface area (Å²) in [5, 5.41) is 12.3. The Morgan fingerprint density at radius 3 is 1.95 bits per heavy atom. The number of phenolic OH excluding ortho intramolecular Hbond substituents is 1. The van der Waals surface area contributed by atoms with Crippen LogP contribution in [0.5, 0.6) is 11.5 Å². The van der Waals surface area contributed by atoms with E-state index in [-0.39, 0.29) is 5.75 Å². The maximum Gasteiger partial charge on any atom is 0.397 e. The van der Waals surface area contributed by atoms with E-state index in [0.717, 1.165) is 40.5 Å². The highest BCUT2D eigenvalue weighted by Gasteiger charge is 2.38. The van der Waals surface area contributed by atoms with Crippen molar-refractivity contribution >= 4 is 41.9 Å². The molecule has 0 amide bonds. The van der Waals surface area contributed by atoms with Crippen molar-refractivity contribution in [3.8, 4) is 22.6 Å². The van der Waals surface area contributed by atoms with Gasteiger partial charge in [-0.2, -0.15) is 8.42 Å². The fraction of sp³-hybridized carbons (Fsp3) is 0.172. The van der Waals surface area contributed by atoms with Crippen LogP contribution in [0.1, 0.15) is 11.1 Å². The highest BCUT2D eigenvalue weighted by atomic mass is 32.3. The highest BCUT2D eigenvalue weighted by Crippen LogP contribution is 2.47. The van der Waals surface area contributed by atoms with Gasteiger partial charge in [0.15, 0.2) is 0 Å². The molecule has 1 heterocycles. The summed E-state index contributed by atoms with van der Waals surface area (Å²) in [5.74, 6) is -0.156. The van der Waals surface area contributed by atoms with E-state index in [1.54, 1.807) is 44.8 Å². The number of fused-ring (bicyclic) bond motifs is 3. The maximum atomic E-state index is 9.94. The minimum atomic E-state index is -4.16. The van der Waals surface area contributed by atoms with Gasteiger partial charge in [0.05, 0.1) is 14.2 Å². The van der Waals surface area contributed by atoms with Crippen molar-refractivity contribution in [2.45, 2.75) is 5.79 Å². The van der Waals surface area contributed by atoms with Gasteiger partial charge in [0.1, 0.15) is 11.5 Å². The molecule has 0 fully saturated rings. The van der Waals surface area contributed by atoms with Gasteiger partial charge in [0, 0.05) is 45.5 Å². The first-order valence-electron chi connectivity index (χ1n) is 11.7. The molecular weight excluding hydrogens is 540 g/mol. The SMILES string of the molecule is COS(=O)(=O)O.COc1ccc(C(OC)(OC)c2ccc3sc4ccccc4c3c2-c2ccc(O)cc2)cc1. The molecule has 0 saturated heterocycles. The second kappa shape index (κ2) is 11.7. The van der Waals surface area contributed by atoms with Gasteiger partial charge in [-0.15, -0.1) is 11.3 Å². The summed E-state index contributed by atoms with van der Waals surface area (Å²) >= 11 is 1.76. The molecule has 0 atom stereocenters. The fourth-order valence-corrected chi connectivity index (χ4v) is 5.64. The standard InChI is InChI=1S/C28H24O4S.CH4O4S/c1-30-21-14-10-19(11-15-21)28(31-2,32-3)23-16-17-25-27(22-6-4-5-7-24(22)33-25)26(23)18-8-12-20(29)13-9-18;1-5-6(2,3)4/h4-17,29H,1-3H3;1H3,(H,2,3,4). The largest absolute Gasteiger partial charge is 0.508 e. The lowest BCUT2D eigenvalue weighted by molar-refractivity contribution is -0.183. The van der Waals surface area contributed by atoms with Gasteiger partial charge >= 0.3 is 10.4 Å². The number of phenols is 1. The molecule has 0 radical (unpaired) electrons. The molecule has 0 aliphatic carbocycles. The highest BCUT2D eigenvalue weighted by molar-refractivity contribution is 7.80. The Labute approximate surface area is 230 Å². The zero-order valence-electron chi connectivity index (χ0n) is 21.7. The Bertz CT molecular complexity index is 1670. The van der Waals surface area contributed by atoms with Gasteiger partial charge in [0.25, 0.3) is 0 Å². The van der Waals surface area contributed by atoms with Crippen LogP contribution in [0.15, 0.2) is 84.9 Å². The van der Waals surface area contributed by atoms with Crippen molar-refractivity contribution in [3.05, 3.63) is 96.1 Å². The Morgan fingerprint density at radius 2 is 1.38 bits per heavy atom. The molecule has 0 saturated carbocycles. The van der Waals surface area contributed by atoms with Crippen LogP contribution in [0, 0.1) is 0 Å². The fourth-order valence-electron chi connectivity index (χ4n) is 4.52. The van der Waals surface area contributed by atoms with Crippen LogP contribution in [-0.2, 0) is 29.8 Å². The first-order chi connectivity index (χ1) is 18.7. The van der Waals surface area contributed by atoms with E-state index >= 15 is 0 Å².